The van der Waals surface area contributed by atoms with Crippen LogP contribution in [0.4, 0.5) is 0 Å². The summed E-state index contributed by atoms with van der Waals surface area (Å²) in [7, 11) is -3.14. The fourth-order valence-corrected chi connectivity index (χ4v) is 4.97. The fourth-order valence-electron chi connectivity index (χ4n) is 3.40. The molecule has 2 heterocycles. The molecule has 2 N–H and O–H groups in total. The Morgan fingerprint density at radius 1 is 1.24 bits per heavy atom. The van der Waals surface area contributed by atoms with E-state index in [1.165, 1.54) is 5.56 Å². The van der Waals surface area contributed by atoms with Crippen molar-refractivity contribution in [2.75, 3.05) is 12.3 Å². The molecular weight excluding hydrogens is 435 g/mol. The molecule has 1 aromatic heterocycles. The van der Waals surface area contributed by atoms with Gasteiger partial charge in [0.05, 0.1) is 29.1 Å². The number of benzene rings is 1. The molecule has 7 nitrogen and oxygen atoms in total. The lowest BCUT2D eigenvalue weighted by molar-refractivity contribution is -0.134. The van der Waals surface area contributed by atoms with Crippen LogP contribution in [-0.2, 0) is 27.6 Å². The second-order valence-corrected chi connectivity index (χ2v) is 9.66. The van der Waals surface area contributed by atoms with Crippen molar-refractivity contribution in [3.63, 3.8) is 0 Å². The molecule has 1 aliphatic heterocycles. The standard InChI is InChI=1S/C19H26N4O3S.2ClH/c1-14-15(2)27(25,26)9-8-23(14)19(24)18(20)10-17-12-22(13-21-17)11-16-6-4-3-5-7-16;;/h3-7,12-15,18H,8-11,20H2,1-2H3;2*1H/t14?,15?,18-;;/m0../s1. The van der Waals surface area contributed by atoms with Crippen LogP contribution in [0.15, 0.2) is 42.9 Å². The smallest absolute Gasteiger partial charge is 0.240 e. The Morgan fingerprint density at radius 3 is 2.55 bits per heavy atom. The van der Waals surface area contributed by atoms with Crippen molar-refractivity contribution >= 4 is 40.6 Å². The van der Waals surface area contributed by atoms with E-state index < -0.39 is 21.1 Å². The van der Waals surface area contributed by atoms with E-state index in [4.69, 9.17) is 5.73 Å². The van der Waals surface area contributed by atoms with Gasteiger partial charge in [-0.25, -0.2) is 13.4 Å². The number of halogens is 2. The molecule has 1 fully saturated rings. The maximum Gasteiger partial charge on any atom is 0.240 e. The Morgan fingerprint density at radius 2 is 1.90 bits per heavy atom. The zero-order valence-electron chi connectivity index (χ0n) is 16.5. The highest BCUT2D eigenvalue weighted by molar-refractivity contribution is 7.92. The molecule has 0 bridgehead atoms. The van der Waals surface area contributed by atoms with E-state index in [1.807, 2.05) is 41.1 Å². The van der Waals surface area contributed by atoms with Gasteiger partial charge in [0.15, 0.2) is 9.84 Å². The summed E-state index contributed by atoms with van der Waals surface area (Å²) in [5.74, 6) is -0.232. The molecule has 1 saturated heterocycles. The van der Waals surface area contributed by atoms with Gasteiger partial charge in [0.25, 0.3) is 0 Å². The summed E-state index contributed by atoms with van der Waals surface area (Å²) < 4.78 is 25.9. The van der Waals surface area contributed by atoms with Crippen molar-refractivity contribution in [2.45, 2.75) is 44.1 Å². The van der Waals surface area contributed by atoms with Crippen molar-refractivity contribution in [1.82, 2.24) is 14.5 Å². The molecule has 10 heteroatoms. The number of carbonyl (C=O) groups is 1. The van der Waals surface area contributed by atoms with Gasteiger partial charge in [-0.3, -0.25) is 4.79 Å². The number of sulfone groups is 1. The van der Waals surface area contributed by atoms with Gasteiger partial charge in [0, 0.05) is 31.7 Å². The van der Waals surface area contributed by atoms with Crippen LogP contribution in [0, 0.1) is 0 Å². The first kappa shape index (κ1) is 25.4. The highest BCUT2D eigenvalue weighted by Gasteiger charge is 2.39. The lowest BCUT2D eigenvalue weighted by atomic mass is 10.1. The Hall–Kier alpha value is -1.61. The van der Waals surface area contributed by atoms with Crippen LogP contribution >= 0.6 is 24.8 Å². The maximum atomic E-state index is 12.7. The monoisotopic (exact) mass is 462 g/mol. The number of imidazole rings is 1. The molecule has 162 valence electrons. The van der Waals surface area contributed by atoms with Crippen molar-refractivity contribution in [1.29, 1.82) is 0 Å². The number of hydrogen-bond acceptors (Lipinski definition) is 5. The van der Waals surface area contributed by atoms with E-state index in [9.17, 15) is 13.2 Å². The minimum absolute atomic E-state index is 0. The van der Waals surface area contributed by atoms with E-state index in [0.29, 0.717) is 13.0 Å². The van der Waals surface area contributed by atoms with Crippen LogP contribution in [0.2, 0.25) is 0 Å². The van der Waals surface area contributed by atoms with Crippen LogP contribution in [0.1, 0.15) is 25.1 Å². The molecule has 2 unspecified atom stereocenters. The minimum atomic E-state index is -3.14. The second kappa shape index (κ2) is 10.4. The zero-order chi connectivity index (χ0) is 19.6. The van der Waals surface area contributed by atoms with Crippen LogP contribution in [0.5, 0.6) is 0 Å². The Bertz CT molecular complexity index is 905. The van der Waals surface area contributed by atoms with Gasteiger partial charge in [-0.2, -0.15) is 0 Å². The topological polar surface area (TPSA) is 98.3 Å². The number of hydrogen-bond donors (Lipinski definition) is 1. The van der Waals surface area contributed by atoms with Gasteiger partial charge in [0.1, 0.15) is 0 Å². The molecule has 3 atom stereocenters. The molecule has 1 aromatic carbocycles. The number of nitrogens with two attached hydrogens (primary N) is 1. The Labute approximate surface area is 184 Å². The van der Waals surface area contributed by atoms with E-state index in [1.54, 1.807) is 25.1 Å². The normalized spacial score (nSPS) is 21.6. The summed E-state index contributed by atoms with van der Waals surface area (Å²) in [5.41, 5.74) is 8.04. The van der Waals surface area contributed by atoms with Crippen LogP contribution in [0.25, 0.3) is 0 Å². The van der Waals surface area contributed by atoms with Crippen LogP contribution in [-0.4, -0.2) is 58.4 Å². The molecule has 0 saturated carbocycles. The molecule has 1 aliphatic rings. The molecule has 0 radical (unpaired) electrons. The van der Waals surface area contributed by atoms with Gasteiger partial charge in [-0.05, 0) is 19.4 Å². The van der Waals surface area contributed by atoms with Crippen molar-refractivity contribution < 1.29 is 13.2 Å². The quantitative estimate of drug-likeness (QED) is 0.728. The number of rotatable bonds is 5. The molecule has 2 aromatic rings. The number of amides is 1. The predicted molar refractivity (Wildman–Crippen MR) is 118 cm³/mol. The van der Waals surface area contributed by atoms with Crippen molar-refractivity contribution in [2.24, 2.45) is 5.73 Å². The molecule has 29 heavy (non-hydrogen) atoms. The van der Waals surface area contributed by atoms with Crippen LogP contribution in [0.3, 0.4) is 0 Å². The average molecular weight is 463 g/mol. The summed E-state index contributed by atoms with van der Waals surface area (Å²) in [4.78, 5) is 18.7. The van der Waals surface area contributed by atoms with Crippen molar-refractivity contribution in [3.8, 4) is 0 Å². The highest BCUT2D eigenvalue weighted by atomic mass is 35.5. The molecule has 0 aliphatic carbocycles. The van der Waals surface area contributed by atoms with Crippen LogP contribution < -0.4 is 5.73 Å². The average Bonchev–Trinajstić information content (AvgIpc) is 3.07. The van der Waals surface area contributed by atoms with E-state index in [0.717, 1.165) is 5.69 Å². The van der Waals surface area contributed by atoms with E-state index in [2.05, 4.69) is 4.98 Å². The summed E-state index contributed by atoms with van der Waals surface area (Å²) in [6.45, 7) is 4.31. The first-order valence-electron chi connectivity index (χ1n) is 9.10. The van der Waals surface area contributed by atoms with Gasteiger partial charge in [0.2, 0.25) is 5.91 Å². The third kappa shape index (κ3) is 5.94. The van der Waals surface area contributed by atoms with Gasteiger partial charge in [-0.1, -0.05) is 30.3 Å². The molecule has 3 rings (SSSR count). The Balaban J connectivity index is 0.00000210. The summed E-state index contributed by atoms with van der Waals surface area (Å²) in [5, 5.41) is -0.576. The van der Waals surface area contributed by atoms with Crippen molar-refractivity contribution in [3.05, 3.63) is 54.1 Å². The number of aromatic nitrogens is 2. The highest BCUT2D eigenvalue weighted by Crippen LogP contribution is 2.20. The third-order valence-electron chi connectivity index (χ3n) is 5.28. The Kier molecular flexibility index (Phi) is 9.14. The van der Waals surface area contributed by atoms with E-state index in [-0.39, 0.29) is 49.1 Å². The third-order valence-corrected chi connectivity index (χ3v) is 7.56. The van der Waals surface area contributed by atoms with Gasteiger partial charge in [-0.15, -0.1) is 24.8 Å². The van der Waals surface area contributed by atoms with Gasteiger partial charge >= 0.3 is 0 Å². The molecule has 1 amide bonds. The number of nitrogens with zero attached hydrogens (tertiary/aromatic N) is 3. The largest absolute Gasteiger partial charge is 0.336 e. The van der Waals surface area contributed by atoms with Gasteiger partial charge < -0.3 is 15.2 Å². The van der Waals surface area contributed by atoms with E-state index >= 15 is 0 Å². The molecular formula is C19H28Cl2N4O3S. The lowest BCUT2D eigenvalue weighted by Gasteiger charge is -2.38. The first-order chi connectivity index (χ1) is 12.8. The minimum Gasteiger partial charge on any atom is -0.336 e. The molecule has 0 spiro atoms. The summed E-state index contributed by atoms with van der Waals surface area (Å²) >= 11 is 0. The summed E-state index contributed by atoms with van der Waals surface area (Å²) in [6, 6.07) is 8.93. The maximum absolute atomic E-state index is 12.7. The first-order valence-corrected chi connectivity index (χ1v) is 10.8. The lowest BCUT2D eigenvalue weighted by Crippen LogP contribution is -2.58. The number of carbonyl (C=O) groups excluding carboxylic acids is 1. The SMILES string of the molecule is CC1C(C)S(=O)(=O)CCN1C(=O)[C@@H](N)Cc1cn(Cc2ccccc2)cn1.Cl.Cl. The fraction of sp³-hybridized carbons (Fsp3) is 0.474. The zero-order valence-corrected chi connectivity index (χ0v) is 18.9. The second-order valence-electron chi connectivity index (χ2n) is 7.18. The summed E-state index contributed by atoms with van der Waals surface area (Å²) in [6.07, 6.45) is 3.95. The predicted octanol–water partition coefficient (Wildman–Crippen LogP) is 1.68.